The second-order valence-electron chi connectivity index (χ2n) is 9.02. The summed E-state index contributed by atoms with van der Waals surface area (Å²) in [4.78, 5) is 25.7. The molecule has 0 spiro atoms. The van der Waals surface area contributed by atoms with Gasteiger partial charge in [0, 0.05) is 5.56 Å². The number of benzene rings is 1. The minimum atomic E-state index is -0.577. The molecule has 9 heteroatoms. The van der Waals surface area contributed by atoms with E-state index >= 15 is 0 Å². The smallest absolute Gasteiger partial charge is 0.438 e. The summed E-state index contributed by atoms with van der Waals surface area (Å²) in [6, 6.07) is 8.80. The van der Waals surface area contributed by atoms with Gasteiger partial charge in [-0.3, -0.25) is 9.51 Å². The third-order valence-corrected chi connectivity index (χ3v) is 5.95. The summed E-state index contributed by atoms with van der Waals surface area (Å²) < 4.78 is 10.2. The molecule has 2 aliphatic rings. The monoisotopic (exact) mass is 450 g/mol. The molecule has 2 aromatic heterocycles. The molecule has 0 radical (unpaired) electrons. The standard InChI is InChI=1S/C21H26N4O.C3H4N2O2/c1-13-23-19(22)17-20(24-13)26-21(2,3)18(25-17)16-11-9-15(10-12-16)14-7-5-4-6-8-14;1-2-4-3(6)7-5-2/h9-12,14H,4-8H2,1-3H3,(H2,22,23,24);1H3,(H,4,5,6). The molecule has 0 bridgehead atoms. The molecule has 0 unspecified atom stereocenters. The highest BCUT2D eigenvalue weighted by molar-refractivity contribution is 6.09. The minimum Gasteiger partial charge on any atom is -0.463 e. The zero-order valence-corrected chi connectivity index (χ0v) is 19.5. The number of anilines is 1. The molecule has 1 fully saturated rings. The number of rotatable bonds is 2. The van der Waals surface area contributed by atoms with Gasteiger partial charge in [0.2, 0.25) is 5.88 Å². The van der Waals surface area contributed by atoms with Crippen molar-refractivity contribution in [3.8, 4) is 5.88 Å². The van der Waals surface area contributed by atoms with Gasteiger partial charge in [-0.2, -0.15) is 4.98 Å². The third kappa shape index (κ3) is 5.13. The number of aryl methyl sites for hydroxylation is 2. The van der Waals surface area contributed by atoms with Crippen LogP contribution in [0.25, 0.3) is 0 Å². The molecular weight excluding hydrogens is 420 g/mol. The Balaban J connectivity index is 0.000000318. The number of nitrogens with one attached hydrogen (secondary N) is 1. The maximum Gasteiger partial charge on any atom is 0.438 e. The van der Waals surface area contributed by atoms with E-state index in [0.29, 0.717) is 35.0 Å². The Hall–Kier alpha value is -3.49. The van der Waals surface area contributed by atoms with E-state index in [1.54, 1.807) is 13.8 Å². The Bertz CT molecular complexity index is 1200. The normalized spacial score (nSPS) is 17.3. The largest absolute Gasteiger partial charge is 0.463 e. The average Bonchev–Trinajstić information content (AvgIpc) is 3.16. The van der Waals surface area contributed by atoms with Crippen molar-refractivity contribution in [2.24, 2.45) is 4.99 Å². The van der Waals surface area contributed by atoms with E-state index in [1.165, 1.54) is 37.7 Å². The maximum absolute atomic E-state index is 10.0. The number of H-pyrrole nitrogens is 1. The van der Waals surface area contributed by atoms with Crippen molar-refractivity contribution in [3.63, 3.8) is 0 Å². The van der Waals surface area contributed by atoms with Crippen LogP contribution >= 0.6 is 0 Å². The van der Waals surface area contributed by atoms with Gasteiger partial charge in [-0.1, -0.05) is 48.7 Å². The fraction of sp³-hybridized carbons (Fsp3) is 0.458. The van der Waals surface area contributed by atoms with Crippen molar-refractivity contribution >= 4 is 17.2 Å². The molecule has 5 rings (SSSR count). The predicted octanol–water partition coefficient (Wildman–Crippen LogP) is 4.38. The molecule has 1 saturated carbocycles. The topological polar surface area (TPSA) is 132 Å². The molecule has 1 aromatic carbocycles. The van der Waals surface area contributed by atoms with E-state index in [-0.39, 0.29) is 0 Å². The zero-order valence-electron chi connectivity index (χ0n) is 19.5. The molecule has 174 valence electrons. The fourth-order valence-electron chi connectivity index (χ4n) is 4.34. The minimum absolute atomic E-state index is 0.360. The van der Waals surface area contributed by atoms with Gasteiger partial charge >= 0.3 is 5.76 Å². The van der Waals surface area contributed by atoms with Crippen molar-refractivity contribution in [1.82, 2.24) is 20.1 Å². The Morgan fingerprint density at radius 2 is 1.76 bits per heavy atom. The Morgan fingerprint density at radius 3 is 2.33 bits per heavy atom. The molecule has 3 aromatic rings. The number of aromatic nitrogens is 4. The second kappa shape index (κ2) is 9.17. The molecule has 0 atom stereocenters. The predicted molar refractivity (Wildman–Crippen MR) is 126 cm³/mol. The first-order valence-corrected chi connectivity index (χ1v) is 11.3. The zero-order chi connectivity index (χ0) is 23.6. The van der Waals surface area contributed by atoms with E-state index in [1.807, 2.05) is 13.8 Å². The van der Waals surface area contributed by atoms with Gasteiger partial charge in [0.25, 0.3) is 0 Å². The van der Waals surface area contributed by atoms with E-state index < -0.39 is 11.4 Å². The molecular formula is C24H30N6O3. The first-order valence-electron chi connectivity index (χ1n) is 11.3. The highest BCUT2D eigenvalue weighted by atomic mass is 16.5. The van der Waals surface area contributed by atoms with Crippen LogP contribution in [0.1, 0.15) is 74.6 Å². The first-order chi connectivity index (χ1) is 15.7. The highest BCUT2D eigenvalue weighted by Crippen LogP contribution is 2.40. The number of nitrogens with two attached hydrogens (primary N) is 1. The molecule has 1 aliphatic heterocycles. The van der Waals surface area contributed by atoms with E-state index in [9.17, 15) is 4.79 Å². The van der Waals surface area contributed by atoms with Gasteiger partial charge in [-0.05, 0) is 52.0 Å². The summed E-state index contributed by atoms with van der Waals surface area (Å²) in [5.74, 6) is 2.11. The Labute approximate surface area is 192 Å². The van der Waals surface area contributed by atoms with Crippen LogP contribution in [0.4, 0.5) is 11.5 Å². The lowest BCUT2D eigenvalue weighted by molar-refractivity contribution is 0.171. The van der Waals surface area contributed by atoms with Crippen molar-refractivity contribution in [1.29, 1.82) is 0 Å². The Morgan fingerprint density at radius 1 is 1.06 bits per heavy atom. The summed E-state index contributed by atoms with van der Waals surface area (Å²) >= 11 is 0. The molecule has 9 nitrogen and oxygen atoms in total. The van der Waals surface area contributed by atoms with Crippen LogP contribution in [0.15, 0.2) is 38.6 Å². The molecule has 1 aliphatic carbocycles. The van der Waals surface area contributed by atoms with Crippen LogP contribution in [-0.2, 0) is 0 Å². The number of nitrogen functional groups attached to an aromatic ring is 1. The van der Waals surface area contributed by atoms with Gasteiger partial charge in [0.15, 0.2) is 11.5 Å². The molecule has 0 saturated heterocycles. The summed E-state index contributed by atoms with van der Waals surface area (Å²) in [6.45, 7) is 7.47. The maximum atomic E-state index is 10.0. The fourth-order valence-corrected chi connectivity index (χ4v) is 4.34. The first kappa shape index (κ1) is 22.7. The second-order valence-corrected chi connectivity index (χ2v) is 9.02. The van der Waals surface area contributed by atoms with Crippen molar-refractivity contribution in [2.75, 3.05) is 5.73 Å². The van der Waals surface area contributed by atoms with E-state index in [2.05, 4.69) is 48.9 Å². The van der Waals surface area contributed by atoms with Crippen LogP contribution < -0.4 is 16.2 Å². The SMILES string of the molecule is Cc1nc(N)c2c(n1)OC(C)(C)C(c1ccc(C3CCCCC3)cc1)=N2.Cc1noc(=O)[nH]1. The number of fused-ring (bicyclic) bond motifs is 1. The van der Waals surface area contributed by atoms with Gasteiger partial charge < -0.3 is 10.5 Å². The Kier molecular flexibility index (Phi) is 6.31. The van der Waals surface area contributed by atoms with Crippen LogP contribution in [-0.4, -0.2) is 31.4 Å². The van der Waals surface area contributed by atoms with Gasteiger partial charge in [0.1, 0.15) is 17.2 Å². The average molecular weight is 451 g/mol. The van der Waals surface area contributed by atoms with Gasteiger partial charge in [0.05, 0.1) is 5.71 Å². The number of aliphatic imine (C=N–C) groups is 1. The summed E-state index contributed by atoms with van der Waals surface area (Å²) in [7, 11) is 0. The lowest BCUT2D eigenvalue weighted by Crippen LogP contribution is -2.41. The number of hydrogen-bond donors (Lipinski definition) is 2. The van der Waals surface area contributed by atoms with E-state index in [0.717, 1.165) is 11.3 Å². The lowest BCUT2D eigenvalue weighted by Gasteiger charge is -2.32. The van der Waals surface area contributed by atoms with Crippen LogP contribution in [0, 0.1) is 13.8 Å². The molecule has 3 N–H and O–H groups in total. The van der Waals surface area contributed by atoms with Crippen molar-refractivity contribution in [2.45, 2.75) is 71.3 Å². The van der Waals surface area contributed by atoms with E-state index in [4.69, 9.17) is 15.5 Å². The van der Waals surface area contributed by atoms with Gasteiger partial charge in [-0.15, -0.1) is 0 Å². The van der Waals surface area contributed by atoms with Crippen molar-refractivity contribution < 1.29 is 9.26 Å². The van der Waals surface area contributed by atoms with Crippen LogP contribution in [0.2, 0.25) is 0 Å². The highest BCUT2D eigenvalue weighted by Gasteiger charge is 2.35. The summed E-state index contributed by atoms with van der Waals surface area (Å²) in [5.41, 5.74) is 9.36. The summed E-state index contributed by atoms with van der Waals surface area (Å²) in [5, 5.41) is 3.27. The number of aromatic amines is 1. The lowest BCUT2D eigenvalue weighted by atomic mass is 9.83. The van der Waals surface area contributed by atoms with Crippen LogP contribution in [0.5, 0.6) is 5.88 Å². The molecule has 33 heavy (non-hydrogen) atoms. The van der Waals surface area contributed by atoms with Crippen molar-refractivity contribution in [3.05, 3.63) is 57.6 Å². The quantitative estimate of drug-likeness (QED) is 0.592. The number of hydrogen-bond acceptors (Lipinski definition) is 8. The third-order valence-electron chi connectivity index (χ3n) is 5.95. The molecule has 3 heterocycles. The number of ether oxygens (including phenoxy) is 1. The number of nitrogens with zero attached hydrogens (tertiary/aromatic N) is 4. The summed E-state index contributed by atoms with van der Waals surface area (Å²) in [6.07, 6.45) is 6.66. The molecule has 0 amide bonds. The van der Waals surface area contributed by atoms with Crippen LogP contribution in [0.3, 0.4) is 0 Å². The van der Waals surface area contributed by atoms with Gasteiger partial charge in [-0.25, -0.2) is 14.8 Å².